The minimum absolute atomic E-state index is 0.0353. The van der Waals surface area contributed by atoms with Crippen LogP contribution in [-0.2, 0) is 0 Å². The molecule has 0 amide bonds. The second-order valence-electron chi connectivity index (χ2n) is 2.68. The average molecular weight is 215 g/mol. The number of rotatable bonds is 1. The van der Waals surface area contributed by atoms with E-state index in [0.29, 0.717) is 0 Å². The molecule has 0 saturated carbocycles. The SMILES string of the molecule is O=C(O)c1cc(F)cc2[nH]c(Cl)nc12. The average Bonchev–Trinajstić information content (AvgIpc) is 2.42. The summed E-state index contributed by atoms with van der Waals surface area (Å²) in [5.41, 5.74) is 0.222. The highest BCUT2D eigenvalue weighted by Gasteiger charge is 2.14. The lowest BCUT2D eigenvalue weighted by molar-refractivity contribution is 0.0698. The molecule has 1 aromatic heterocycles. The third-order valence-corrected chi connectivity index (χ3v) is 1.93. The largest absolute Gasteiger partial charge is 0.478 e. The minimum atomic E-state index is -1.24. The van der Waals surface area contributed by atoms with Crippen molar-refractivity contribution >= 4 is 28.6 Å². The van der Waals surface area contributed by atoms with Crippen LogP contribution in [-0.4, -0.2) is 21.0 Å². The summed E-state index contributed by atoms with van der Waals surface area (Å²) in [5.74, 6) is -1.88. The highest BCUT2D eigenvalue weighted by Crippen LogP contribution is 2.20. The second-order valence-corrected chi connectivity index (χ2v) is 3.04. The normalized spacial score (nSPS) is 10.7. The molecule has 0 aliphatic carbocycles. The molecule has 1 aromatic carbocycles. The van der Waals surface area contributed by atoms with Crippen LogP contribution in [0.5, 0.6) is 0 Å². The Morgan fingerprint density at radius 3 is 2.93 bits per heavy atom. The molecule has 6 heteroatoms. The van der Waals surface area contributed by atoms with Crippen molar-refractivity contribution < 1.29 is 14.3 Å². The number of imidazole rings is 1. The standard InChI is InChI=1S/C8H4ClFN2O2/c9-8-11-5-2-3(10)1-4(7(13)14)6(5)12-8/h1-2H,(H,11,12)(H,13,14). The zero-order chi connectivity index (χ0) is 10.3. The number of aromatic carboxylic acids is 1. The lowest BCUT2D eigenvalue weighted by Gasteiger charge is -1.95. The van der Waals surface area contributed by atoms with Crippen molar-refractivity contribution in [3.05, 3.63) is 28.8 Å². The molecule has 0 unspecified atom stereocenters. The van der Waals surface area contributed by atoms with Crippen LogP contribution >= 0.6 is 11.6 Å². The summed E-state index contributed by atoms with van der Waals surface area (Å²) in [7, 11) is 0. The number of carboxylic acid groups (broad SMARTS) is 1. The van der Waals surface area contributed by atoms with E-state index in [1.165, 1.54) is 0 Å². The van der Waals surface area contributed by atoms with Gasteiger partial charge in [-0.3, -0.25) is 0 Å². The lowest BCUT2D eigenvalue weighted by Crippen LogP contribution is -1.98. The van der Waals surface area contributed by atoms with Gasteiger partial charge in [0.2, 0.25) is 5.28 Å². The van der Waals surface area contributed by atoms with Crippen LogP contribution in [0.25, 0.3) is 11.0 Å². The fourth-order valence-electron chi connectivity index (χ4n) is 1.22. The summed E-state index contributed by atoms with van der Waals surface area (Å²) in [6, 6.07) is 2.04. The van der Waals surface area contributed by atoms with Crippen LogP contribution < -0.4 is 0 Å². The van der Waals surface area contributed by atoms with Gasteiger partial charge < -0.3 is 10.1 Å². The summed E-state index contributed by atoms with van der Waals surface area (Å²) in [4.78, 5) is 17.0. The molecule has 72 valence electrons. The Balaban J connectivity index is 2.85. The molecule has 1 heterocycles. The quantitative estimate of drug-likeness (QED) is 0.764. The molecular formula is C8H4ClFN2O2. The number of H-pyrrole nitrogens is 1. The van der Waals surface area contributed by atoms with E-state index in [9.17, 15) is 9.18 Å². The molecule has 4 nitrogen and oxygen atoms in total. The second kappa shape index (κ2) is 2.95. The van der Waals surface area contributed by atoms with Crippen LogP contribution in [0.4, 0.5) is 4.39 Å². The van der Waals surface area contributed by atoms with Gasteiger partial charge in [0.1, 0.15) is 11.3 Å². The summed E-state index contributed by atoms with van der Waals surface area (Å²) < 4.78 is 12.9. The van der Waals surface area contributed by atoms with Gasteiger partial charge in [0, 0.05) is 0 Å². The predicted molar refractivity (Wildman–Crippen MR) is 48.0 cm³/mol. The molecule has 0 atom stereocenters. The number of carboxylic acids is 1. The molecule has 0 aliphatic rings. The van der Waals surface area contributed by atoms with Crippen LogP contribution in [0.2, 0.25) is 5.28 Å². The van der Waals surface area contributed by atoms with Crippen molar-refractivity contribution in [1.29, 1.82) is 0 Å². The molecule has 0 bridgehead atoms. The van der Waals surface area contributed by atoms with Crippen molar-refractivity contribution in [2.24, 2.45) is 0 Å². The van der Waals surface area contributed by atoms with Crippen LogP contribution in [0.1, 0.15) is 10.4 Å². The van der Waals surface area contributed by atoms with E-state index in [-0.39, 0.29) is 21.9 Å². The van der Waals surface area contributed by atoms with Gasteiger partial charge >= 0.3 is 5.97 Å². The molecule has 2 aromatic rings. The number of nitrogens with zero attached hydrogens (tertiary/aromatic N) is 1. The van der Waals surface area contributed by atoms with Crippen molar-refractivity contribution in [2.45, 2.75) is 0 Å². The molecule has 2 rings (SSSR count). The first-order chi connectivity index (χ1) is 6.58. The molecule has 0 aliphatic heterocycles. The van der Waals surface area contributed by atoms with E-state index < -0.39 is 11.8 Å². The maximum atomic E-state index is 12.9. The molecule has 0 radical (unpaired) electrons. The molecular weight excluding hydrogens is 211 g/mol. The first-order valence-corrected chi connectivity index (χ1v) is 4.04. The Kier molecular flexibility index (Phi) is 1.89. The van der Waals surface area contributed by atoms with Gasteiger partial charge in [0.05, 0.1) is 11.1 Å². The Hall–Kier alpha value is -1.62. The van der Waals surface area contributed by atoms with Crippen molar-refractivity contribution in [3.63, 3.8) is 0 Å². The number of carbonyl (C=O) groups is 1. The predicted octanol–water partition coefficient (Wildman–Crippen LogP) is 2.05. The van der Waals surface area contributed by atoms with Gasteiger partial charge in [-0.15, -0.1) is 0 Å². The third kappa shape index (κ3) is 1.31. The van der Waals surface area contributed by atoms with Crippen LogP contribution in [0.15, 0.2) is 12.1 Å². The summed E-state index contributed by atoms with van der Waals surface area (Å²) in [6.45, 7) is 0. The summed E-state index contributed by atoms with van der Waals surface area (Å²) in [6.07, 6.45) is 0. The number of nitrogens with one attached hydrogen (secondary N) is 1. The van der Waals surface area contributed by atoms with Crippen LogP contribution in [0, 0.1) is 5.82 Å². The topological polar surface area (TPSA) is 66.0 Å². The number of hydrogen-bond donors (Lipinski definition) is 2. The Morgan fingerprint density at radius 2 is 2.29 bits per heavy atom. The summed E-state index contributed by atoms with van der Waals surface area (Å²) >= 11 is 5.53. The van der Waals surface area contributed by atoms with Gasteiger partial charge in [0.15, 0.2) is 0 Å². The minimum Gasteiger partial charge on any atom is -0.478 e. The molecule has 0 fully saturated rings. The lowest BCUT2D eigenvalue weighted by atomic mass is 10.2. The zero-order valence-electron chi connectivity index (χ0n) is 6.71. The third-order valence-electron chi connectivity index (χ3n) is 1.75. The smallest absolute Gasteiger partial charge is 0.338 e. The van der Waals surface area contributed by atoms with Crippen molar-refractivity contribution in [3.8, 4) is 0 Å². The number of benzene rings is 1. The Labute approximate surface area is 82.3 Å². The maximum Gasteiger partial charge on any atom is 0.338 e. The number of hydrogen-bond acceptors (Lipinski definition) is 2. The van der Waals surface area contributed by atoms with E-state index >= 15 is 0 Å². The van der Waals surface area contributed by atoms with E-state index in [0.717, 1.165) is 12.1 Å². The molecule has 0 spiro atoms. The van der Waals surface area contributed by atoms with Gasteiger partial charge in [0.25, 0.3) is 0 Å². The number of aromatic nitrogens is 2. The molecule has 2 N–H and O–H groups in total. The van der Waals surface area contributed by atoms with Crippen molar-refractivity contribution in [1.82, 2.24) is 9.97 Å². The number of aromatic amines is 1. The van der Waals surface area contributed by atoms with Gasteiger partial charge in [-0.05, 0) is 23.7 Å². The number of fused-ring (bicyclic) bond motifs is 1. The van der Waals surface area contributed by atoms with E-state index in [4.69, 9.17) is 16.7 Å². The highest BCUT2D eigenvalue weighted by atomic mass is 35.5. The van der Waals surface area contributed by atoms with E-state index in [1.54, 1.807) is 0 Å². The first kappa shape index (κ1) is 8.96. The highest BCUT2D eigenvalue weighted by molar-refractivity contribution is 6.29. The fourth-order valence-corrected chi connectivity index (χ4v) is 1.40. The summed E-state index contributed by atoms with van der Waals surface area (Å²) in [5, 5.41) is 8.79. The monoisotopic (exact) mass is 214 g/mol. The zero-order valence-corrected chi connectivity index (χ0v) is 7.47. The fraction of sp³-hybridized carbons (Fsp3) is 0. The Morgan fingerprint density at radius 1 is 1.57 bits per heavy atom. The maximum absolute atomic E-state index is 12.9. The van der Waals surface area contributed by atoms with Gasteiger partial charge in [-0.1, -0.05) is 0 Å². The Bertz CT molecular complexity index is 523. The van der Waals surface area contributed by atoms with E-state index in [2.05, 4.69) is 9.97 Å². The molecule has 0 saturated heterocycles. The van der Waals surface area contributed by atoms with E-state index in [1.807, 2.05) is 0 Å². The first-order valence-electron chi connectivity index (χ1n) is 3.66. The van der Waals surface area contributed by atoms with Gasteiger partial charge in [-0.2, -0.15) is 0 Å². The van der Waals surface area contributed by atoms with Crippen LogP contribution in [0.3, 0.4) is 0 Å². The molecule has 14 heavy (non-hydrogen) atoms. The number of halogens is 2. The van der Waals surface area contributed by atoms with Gasteiger partial charge in [-0.25, -0.2) is 14.2 Å². The van der Waals surface area contributed by atoms with Crippen molar-refractivity contribution in [2.75, 3.05) is 0 Å².